The fourth-order valence-corrected chi connectivity index (χ4v) is 3.85. The Morgan fingerprint density at radius 3 is 2.83 bits per heavy atom. The Hall–Kier alpha value is -2.79. The number of benzene rings is 1. The third-order valence-electron chi connectivity index (χ3n) is 4.09. The molecule has 1 aromatic carbocycles. The van der Waals surface area contributed by atoms with E-state index in [0.717, 1.165) is 39.5 Å². The van der Waals surface area contributed by atoms with Gasteiger partial charge in [0.25, 0.3) is 0 Å². The van der Waals surface area contributed by atoms with Crippen LogP contribution in [-0.4, -0.2) is 21.0 Å². The Morgan fingerprint density at radius 1 is 1.12 bits per heavy atom. The Bertz CT molecular complexity index is 1040. The molecule has 0 saturated heterocycles. The molecule has 1 N–H and O–H groups in total. The summed E-state index contributed by atoms with van der Waals surface area (Å²) < 4.78 is 1.16. The summed E-state index contributed by atoms with van der Waals surface area (Å²) in [5.74, 6) is -0.929. The number of nitrogens with zero attached hydrogens (tertiary/aromatic N) is 2. The lowest BCUT2D eigenvalue weighted by Gasteiger charge is -2.07. The highest BCUT2D eigenvalue weighted by atomic mass is 32.1. The van der Waals surface area contributed by atoms with Gasteiger partial charge in [-0.15, -0.1) is 11.3 Å². The minimum absolute atomic E-state index is 0.268. The van der Waals surface area contributed by atoms with E-state index in [1.165, 1.54) is 5.56 Å². The van der Waals surface area contributed by atoms with Gasteiger partial charge in [0, 0.05) is 27.9 Å². The lowest BCUT2D eigenvalue weighted by molar-refractivity contribution is 0.0697. The number of carboxylic acid groups (broad SMARTS) is 1. The van der Waals surface area contributed by atoms with Gasteiger partial charge in [-0.3, -0.25) is 9.97 Å². The van der Waals surface area contributed by atoms with E-state index in [0.29, 0.717) is 0 Å². The van der Waals surface area contributed by atoms with Crippen LogP contribution in [0.15, 0.2) is 54.2 Å². The summed E-state index contributed by atoms with van der Waals surface area (Å²) in [4.78, 5) is 20.1. The van der Waals surface area contributed by atoms with Crippen LogP contribution in [-0.2, 0) is 12.8 Å². The summed E-state index contributed by atoms with van der Waals surface area (Å²) >= 11 is 1.67. The van der Waals surface area contributed by atoms with E-state index in [9.17, 15) is 9.90 Å². The van der Waals surface area contributed by atoms with Crippen molar-refractivity contribution in [3.63, 3.8) is 0 Å². The van der Waals surface area contributed by atoms with Crippen molar-refractivity contribution in [3.05, 3.63) is 71.0 Å². The van der Waals surface area contributed by atoms with Gasteiger partial charge in [-0.1, -0.05) is 12.1 Å². The third-order valence-corrected chi connectivity index (χ3v) is 5.04. The van der Waals surface area contributed by atoms with Crippen molar-refractivity contribution in [1.82, 2.24) is 9.97 Å². The summed E-state index contributed by atoms with van der Waals surface area (Å²) in [5.41, 5.74) is 3.18. The maximum Gasteiger partial charge on any atom is 0.335 e. The molecule has 3 aromatic heterocycles. The van der Waals surface area contributed by atoms with Crippen molar-refractivity contribution in [3.8, 4) is 0 Å². The zero-order valence-electron chi connectivity index (χ0n) is 12.8. The summed E-state index contributed by atoms with van der Waals surface area (Å²) in [7, 11) is 0. The molecule has 118 valence electrons. The number of thiophene rings is 1. The predicted molar refractivity (Wildman–Crippen MR) is 95.7 cm³/mol. The highest BCUT2D eigenvalue weighted by Crippen LogP contribution is 2.32. The topological polar surface area (TPSA) is 63.1 Å². The van der Waals surface area contributed by atoms with Gasteiger partial charge in [0.05, 0.1) is 16.8 Å². The molecule has 0 atom stereocenters. The predicted octanol–water partition coefficient (Wildman–Crippen LogP) is 4.33. The monoisotopic (exact) mass is 334 g/mol. The van der Waals surface area contributed by atoms with Gasteiger partial charge in [0.2, 0.25) is 0 Å². The van der Waals surface area contributed by atoms with E-state index < -0.39 is 5.97 Å². The van der Waals surface area contributed by atoms with Crippen molar-refractivity contribution in [1.29, 1.82) is 0 Å². The molecule has 0 aliphatic heterocycles. The Balaban J connectivity index is 1.80. The molecule has 0 unspecified atom stereocenters. The molecule has 0 aliphatic carbocycles. The van der Waals surface area contributed by atoms with Crippen molar-refractivity contribution < 1.29 is 9.90 Å². The van der Waals surface area contributed by atoms with Crippen molar-refractivity contribution in [2.24, 2.45) is 0 Å². The van der Waals surface area contributed by atoms with Gasteiger partial charge in [-0.2, -0.15) is 0 Å². The number of rotatable bonds is 4. The first kappa shape index (κ1) is 14.8. The number of fused-ring (bicyclic) bond motifs is 3. The van der Waals surface area contributed by atoms with E-state index >= 15 is 0 Å². The average molecular weight is 334 g/mol. The normalized spacial score (nSPS) is 11.2. The molecule has 4 rings (SSSR count). The standard InChI is InChI=1S/C19H14N2O2S/c22-19(23)13-4-5-14-17(10-13)21-16(15-7-9-24-18(14)15)6-3-12-2-1-8-20-11-12/h1-2,4-5,7-11H,3,6H2,(H,22,23). The Morgan fingerprint density at radius 2 is 2.04 bits per heavy atom. The van der Waals surface area contributed by atoms with Gasteiger partial charge in [-0.05, 0) is 48.1 Å². The summed E-state index contributed by atoms with van der Waals surface area (Å²) in [6.07, 6.45) is 5.29. The lowest BCUT2D eigenvalue weighted by atomic mass is 10.0. The van der Waals surface area contributed by atoms with E-state index in [2.05, 4.69) is 22.5 Å². The number of aromatic carboxylic acids is 1. The van der Waals surface area contributed by atoms with Crippen LogP contribution in [0.4, 0.5) is 0 Å². The maximum absolute atomic E-state index is 11.2. The molecule has 0 saturated carbocycles. The summed E-state index contributed by atoms with van der Waals surface area (Å²) in [5, 5.41) is 13.4. The summed E-state index contributed by atoms with van der Waals surface area (Å²) in [6.45, 7) is 0. The zero-order valence-corrected chi connectivity index (χ0v) is 13.6. The smallest absolute Gasteiger partial charge is 0.335 e. The minimum atomic E-state index is -0.929. The van der Waals surface area contributed by atoms with Gasteiger partial charge >= 0.3 is 5.97 Å². The number of carbonyl (C=O) groups is 1. The second kappa shape index (κ2) is 6.02. The van der Waals surface area contributed by atoms with Crippen LogP contribution in [0.3, 0.4) is 0 Å². The van der Waals surface area contributed by atoms with Gasteiger partial charge in [0.1, 0.15) is 0 Å². The first-order valence-corrected chi connectivity index (χ1v) is 8.52. The molecule has 24 heavy (non-hydrogen) atoms. The van der Waals surface area contributed by atoms with Gasteiger partial charge < -0.3 is 5.11 Å². The zero-order chi connectivity index (χ0) is 16.5. The third kappa shape index (κ3) is 2.63. The second-order valence-electron chi connectivity index (χ2n) is 5.62. The molecular weight excluding hydrogens is 320 g/mol. The number of aryl methyl sites for hydroxylation is 2. The quantitative estimate of drug-likeness (QED) is 0.603. The number of aromatic nitrogens is 2. The van der Waals surface area contributed by atoms with Crippen LogP contribution in [0.2, 0.25) is 0 Å². The van der Waals surface area contributed by atoms with Crippen LogP contribution >= 0.6 is 11.3 Å². The maximum atomic E-state index is 11.2. The highest BCUT2D eigenvalue weighted by Gasteiger charge is 2.12. The first-order chi connectivity index (χ1) is 11.7. The SMILES string of the molecule is O=C(O)c1ccc2c(c1)nc(CCc1cccnc1)c1ccsc12. The Labute approximate surface area is 142 Å². The Kier molecular flexibility index (Phi) is 3.70. The van der Waals surface area contributed by atoms with E-state index in [4.69, 9.17) is 4.98 Å². The average Bonchev–Trinajstić information content (AvgIpc) is 3.10. The van der Waals surface area contributed by atoms with Crippen molar-refractivity contribution in [2.75, 3.05) is 0 Å². The minimum Gasteiger partial charge on any atom is -0.478 e. The molecule has 0 amide bonds. The molecule has 5 heteroatoms. The number of hydrogen-bond acceptors (Lipinski definition) is 4. The highest BCUT2D eigenvalue weighted by molar-refractivity contribution is 7.18. The van der Waals surface area contributed by atoms with E-state index in [1.54, 1.807) is 29.7 Å². The largest absolute Gasteiger partial charge is 0.478 e. The molecular formula is C19H14N2O2S. The number of carboxylic acids is 1. The van der Waals surface area contributed by atoms with Crippen LogP contribution in [0, 0.1) is 0 Å². The molecule has 0 radical (unpaired) electrons. The molecule has 0 spiro atoms. The van der Waals surface area contributed by atoms with Crippen LogP contribution in [0.25, 0.3) is 21.0 Å². The second-order valence-corrected chi connectivity index (χ2v) is 6.54. The van der Waals surface area contributed by atoms with Gasteiger partial charge in [-0.25, -0.2) is 4.79 Å². The number of hydrogen-bond donors (Lipinski definition) is 1. The lowest BCUT2D eigenvalue weighted by Crippen LogP contribution is -1.99. The van der Waals surface area contributed by atoms with Crippen molar-refractivity contribution in [2.45, 2.75) is 12.8 Å². The summed E-state index contributed by atoms with van der Waals surface area (Å²) in [6, 6.07) is 11.2. The molecule has 0 fully saturated rings. The number of pyridine rings is 2. The van der Waals surface area contributed by atoms with Crippen molar-refractivity contribution >= 4 is 38.3 Å². The van der Waals surface area contributed by atoms with Gasteiger partial charge in [0.15, 0.2) is 0 Å². The van der Waals surface area contributed by atoms with Crippen LogP contribution in [0.5, 0.6) is 0 Å². The molecule has 4 nitrogen and oxygen atoms in total. The fourth-order valence-electron chi connectivity index (χ4n) is 2.90. The molecule has 0 aliphatic rings. The fraction of sp³-hybridized carbons (Fsp3) is 0.105. The molecule has 0 bridgehead atoms. The first-order valence-electron chi connectivity index (χ1n) is 7.64. The van der Waals surface area contributed by atoms with E-state index in [1.807, 2.05) is 18.3 Å². The van der Waals surface area contributed by atoms with Crippen LogP contribution in [0.1, 0.15) is 21.6 Å². The van der Waals surface area contributed by atoms with E-state index in [-0.39, 0.29) is 5.56 Å². The van der Waals surface area contributed by atoms with Crippen LogP contribution < -0.4 is 0 Å². The molecule has 3 heterocycles. The molecule has 4 aromatic rings.